The smallest absolute Gasteiger partial charge is 0.462 e. The molecule has 10 heteroatoms. The summed E-state index contributed by atoms with van der Waals surface area (Å²) in [6.45, 7) is 3.70. The minimum atomic E-state index is -4.40. The minimum Gasteiger partial charge on any atom is -0.462 e. The Bertz CT molecular complexity index is 1940. The van der Waals surface area contributed by atoms with Crippen LogP contribution in [0.25, 0.3) is 0 Å². The van der Waals surface area contributed by atoms with E-state index >= 15 is 0 Å². The van der Waals surface area contributed by atoms with Crippen LogP contribution in [0.1, 0.15) is 450 Å². The van der Waals surface area contributed by atoms with E-state index in [1.807, 2.05) is 0 Å². The van der Waals surface area contributed by atoms with Crippen LogP contribution < -0.4 is 5.73 Å². The Kier molecular flexibility index (Phi) is 83.7. The van der Waals surface area contributed by atoms with E-state index in [2.05, 4.69) is 98.9 Å². The standard InChI is InChI=1S/C91H168NO8P/c1-3-5-7-9-11-13-15-17-19-21-23-25-27-29-31-33-35-37-39-41-43-44-46-47-49-51-53-55-57-59-61-63-65-67-69-71-73-75-77-79-81-83-90(93)97-87-89(88-99-101(95,96)98-86-85-92)100-91(94)84-82-80-78-76-74-72-70-68-66-64-62-60-58-56-54-52-50-48-45-42-40-38-36-34-32-30-28-26-24-22-20-18-16-14-12-10-8-6-4-2/h6,8,12,14-15,17-18,20-21,23-24,26,30,32,89H,3-5,7,9-11,13,16,19,22,25,27-29,31,33-88,92H2,1-2H3,(H,95,96)/b8-6-,14-12-,17-15-,20-18-,23-21-,26-24-,32-30-. The van der Waals surface area contributed by atoms with Crippen LogP contribution in [0, 0.1) is 0 Å². The number of phosphoric ester groups is 1. The van der Waals surface area contributed by atoms with E-state index in [4.69, 9.17) is 24.3 Å². The molecule has 0 aliphatic carbocycles. The van der Waals surface area contributed by atoms with E-state index in [0.717, 1.165) is 70.6 Å². The number of ether oxygens (including phenoxy) is 2. The summed E-state index contributed by atoms with van der Waals surface area (Å²) < 4.78 is 33.3. The molecule has 0 aromatic heterocycles. The molecule has 0 aliphatic rings. The van der Waals surface area contributed by atoms with Gasteiger partial charge in [-0.05, 0) is 89.9 Å². The molecule has 0 aliphatic heterocycles. The number of allylic oxidation sites excluding steroid dienone is 14. The molecular formula is C91H168NO8P. The first kappa shape index (κ1) is 98.2. The fourth-order valence-corrected chi connectivity index (χ4v) is 14.1. The predicted octanol–water partition coefficient (Wildman–Crippen LogP) is 30.0. The molecule has 0 aromatic carbocycles. The van der Waals surface area contributed by atoms with Crippen LogP contribution in [0.5, 0.6) is 0 Å². The lowest BCUT2D eigenvalue weighted by Gasteiger charge is -2.19. The summed E-state index contributed by atoms with van der Waals surface area (Å²) in [5.74, 6) is -0.802. The molecule has 2 unspecified atom stereocenters. The lowest BCUT2D eigenvalue weighted by molar-refractivity contribution is -0.161. The molecule has 0 spiro atoms. The van der Waals surface area contributed by atoms with Crippen LogP contribution in [0.15, 0.2) is 85.1 Å². The molecule has 0 rings (SSSR count). The van der Waals surface area contributed by atoms with Crippen molar-refractivity contribution >= 4 is 19.8 Å². The van der Waals surface area contributed by atoms with Crippen LogP contribution in [-0.2, 0) is 32.7 Å². The molecule has 9 nitrogen and oxygen atoms in total. The van der Waals surface area contributed by atoms with Crippen molar-refractivity contribution < 1.29 is 37.6 Å². The minimum absolute atomic E-state index is 0.0550. The number of nitrogens with two attached hydrogens (primary N) is 1. The first-order valence-corrected chi connectivity index (χ1v) is 45.6. The highest BCUT2D eigenvalue weighted by atomic mass is 31.2. The van der Waals surface area contributed by atoms with E-state index in [9.17, 15) is 19.0 Å². The highest BCUT2D eigenvalue weighted by Gasteiger charge is 2.26. The maximum absolute atomic E-state index is 12.8. The average molecular weight is 1440 g/mol. The Balaban J connectivity index is 3.71. The third-order valence-electron chi connectivity index (χ3n) is 19.8. The largest absolute Gasteiger partial charge is 0.472 e. The first-order chi connectivity index (χ1) is 49.8. The summed E-state index contributed by atoms with van der Waals surface area (Å²) in [7, 11) is -4.40. The molecule has 0 heterocycles. The molecule has 0 saturated carbocycles. The third-order valence-corrected chi connectivity index (χ3v) is 20.7. The maximum Gasteiger partial charge on any atom is 0.472 e. The number of rotatable bonds is 84. The van der Waals surface area contributed by atoms with Crippen molar-refractivity contribution in [3.63, 3.8) is 0 Å². The SMILES string of the molecule is CC/C=C\C/C=C\C/C=C\C/C=C\C/C=C\CCCCCCCCCCCCCCCCCCCCCCCCCC(=O)OC(COC(=O)CCCCCCCCCCCCCCCCCCCCCCCCCCCCCCC/C=C\C/C=C\CCCCCCC)COP(=O)(O)OCCN. The number of esters is 2. The van der Waals surface area contributed by atoms with Crippen molar-refractivity contribution in [1.82, 2.24) is 0 Å². The fraction of sp³-hybridized carbons (Fsp3) is 0.824. The van der Waals surface area contributed by atoms with Crippen LogP contribution in [-0.4, -0.2) is 49.3 Å². The molecule has 0 fully saturated rings. The Morgan fingerprint density at radius 1 is 0.307 bits per heavy atom. The van der Waals surface area contributed by atoms with Crippen molar-refractivity contribution in [2.24, 2.45) is 5.73 Å². The normalized spacial score (nSPS) is 13.2. The highest BCUT2D eigenvalue weighted by molar-refractivity contribution is 7.47. The second-order valence-electron chi connectivity index (χ2n) is 29.7. The van der Waals surface area contributed by atoms with Crippen molar-refractivity contribution in [1.29, 1.82) is 0 Å². The summed E-state index contributed by atoms with van der Waals surface area (Å²) >= 11 is 0. The highest BCUT2D eigenvalue weighted by Crippen LogP contribution is 2.43. The fourth-order valence-electron chi connectivity index (χ4n) is 13.3. The number of carbonyl (C=O) groups is 2. The van der Waals surface area contributed by atoms with Gasteiger partial charge < -0.3 is 20.1 Å². The first-order valence-electron chi connectivity index (χ1n) is 44.1. The second kappa shape index (κ2) is 86.1. The van der Waals surface area contributed by atoms with E-state index < -0.39 is 26.5 Å². The number of hydrogen-bond acceptors (Lipinski definition) is 8. The van der Waals surface area contributed by atoms with Gasteiger partial charge in [-0.3, -0.25) is 18.6 Å². The van der Waals surface area contributed by atoms with Gasteiger partial charge in [0.2, 0.25) is 0 Å². The van der Waals surface area contributed by atoms with Gasteiger partial charge in [-0.1, -0.05) is 433 Å². The molecule has 3 N–H and O–H groups in total. The molecular weight excluding hydrogens is 1270 g/mol. The Hall–Kier alpha value is -2.81. The number of carbonyl (C=O) groups excluding carboxylic acids is 2. The van der Waals surface area contributed by atoms with Crippen LogP contribution in [0.4, 0.5) is 0 Å². The van der Waals surface area contributed by atoms with Gasteiger partial charge in [0.15, 0.2) is 6.10 Å². The Morgan fingerprint density at radius 3 is 0.812 bits per heavy atom. The summed E-state index contributed by atoms with van der Waals surface area (Å²) in [6, 6.07) is 0. The molecule has 0 radical (unpaired) electrons. The van der Waals surface area contributed by atoms with Crippen LogP contribution >= 0.6 is 7.82 Å². The lowest BCUT2D eigenvalue weighted by atomic mass is 10.0. The summed E-state index contributed by atoms with van der Waals surface area (Å²) in [5.41, 5.74) is 5.43. The van der Waals surface area contributed by atoms with Crippen molar-refractivity contribution in [3.05, 3.63) is 85.1 Å². The van der Waals surface area contributed by atoms with Gasteiger partial charge in [-0.2, -0.15) is 0 Å². The molecule has 590 valence electrons. The van der Waals surface area contributed by atoms with E-state index in [0.29, 0.717) is 6.42 Å². The quantitative estimate of drug-likeness (QED) is 0.0264. The van der Waals surface area contributed by atoms with Gasteiger partial charge >= 0.3 is 19.8 Å². The predicted molar refractivity (Wildman–Crippen MR) is 441 cm³/mol. The lowest BCUT2D eigenvalue weighted by Crippen LogP contribution is -2.29. The van der Waals surface area contributed by atoms with Gasteiger partial charge in [-0.25, -0.2) is 4.57 Å². The molecule has 0 aromatic rings. The molecule has 0 amide bonds. The van der Waals surface area contributed by atoms with Gasteiger partial charge in [-0.15, -0.1) is 0 Å². The van der Waals surface area contributed by atoms with Crippen LogP contribution in [0.3, 0.4) is 0 Å². The summed E-state index contributed by atoms with van der Waals surface area (Å²) in [5, 5.41) is 0. The average Bonchev–Trinajstić information content (AvgIpc) is 1.01. The maximum atomic E-state index is 12.8. The Morgan fingerprint density at radius 2 is 0.545 bits per heavy atom. The van der Waals surface area contributed by atoms with Gasteiger partial charge in [0, 0.05) is 19.4 Å². The number of hydrogen-bond donors (Lipinski definition) is 2. The summed E-state index contributed by atoms with van der Waals surface area (Å²) in [6.07, 6.45) is 118. The zero-order chi connectivity index (χ0) is 72.9. The zero-order valence-corrected chi connectivity index (χ0v) is 67.8. The molecule has 2 atom stereocenters. The van der Waals surface area contributed by atoms with Crippen molar-refractivity contribution in [3.8, 4) is 0 Å². The van der Waals surface area contributed by atoms with E-state index in [-0.39, 0.29) is 38.6 Å². The molecule has 0 bridgehead atoms. The zero-order valence-electron chi connectivity index (χ0n) is 66.9. The third kappa shape index (κ3) is 86.0. The van der Waals surface area contributed by atoms with Crippen molar-refractivity contribution in [2.45, 2.75) is 457 Å². The Labute approximate surface area is 627 Å². The monoisotopic (exact) mass is 1430 g/mol. The second-order valence-corrected chi connectivity index (χ2v) is 31.2. The number of unbranched alkanes of at least 4 members (excludes halogenated alkanes) is 57. The van der Waals surface area contributed by atoms with Gasteiger partial charge in [0.05, 0.1) is 13.2 Å². The van der Waals surface area contributed by atoms with Crippen molar-refractivity contribution in [2.75, 3.05) is 26.4 Å². The number of phosphoric acid groups is 1. The van der Waals surface area contributed by atoms with Gasteiger partial charge in [0.25, 0.3) is 0 Å². The topological polar surface area (TPSA) is 134 Å². The van der Waals surface area contributed by atoms with Gasteiger partial charge in [0.1, 0.15) is 6.61 Å². The van der Waals surface area contributed by atoms with E-state index in [1.165, 1.54) is 347 Å². The molecule has 0 saturated heterocycles. The summed E-state index contributed by atoms with van der Waals surface area (Å²) in [4.78, 5) is 35.5. The van der Waals surface area contributed by atoms with Crippen LogP contribution in [0.2, 0.25) is 0 Å². The molecule has 101 heavy (non-hydrogen) atoms. The van der Waals surface area contributed by atoms with E-state index in [1.54, 1.807) is 0 Å².